The number of allylic oxidation sites excluding steroid dienone is 8. The van der Waals surface area contributed by atoms with Crippen LogP contribution in [0.5, 0.6) is 0 Å². The van der Waals surface area contributed by atoms with Gasteiger partial charge in [0.25, 0.3) is 0 Å². The Hall–Kier alpha value is -3.61. The normalized spacial score (nSPS) is 18.2. The summed E-state index contributed by atoms with van der Waals surface area (Å²) in [7, 11) is 0. The molecule has 1 unspecified atom stereocenters. The molecule has 0 aliphatic heterocycles. The smallest absolute Gasteiger partial charge is 1.00 e. The molecule has 4 aliphatic carbocycles. The molecule has 270 valence electrons. The molecule has 54 heavy (non-hydrogen) atoms. The van der Waals surface area contributed by atoms with Gasteiger partial charge in [-0.25, -0.2) is 0 Å². The molecule has 5 aromatic rings. The topological polar surface area (TPSA) is 0 Å². The summed E-state index contributed by atoms with van der Waals surface area (Å²) in [6, 6.07) is 44.5. The molecule has 0 amide bonds. The Morgan fingerprint density at radius 3 is 1.43 bits per heavy atom. The molecule has 0 fully saturated rings. The molecule has 0 bridgehead atoms. The zero-order valence-corrected chi connectivity index (χ0v) is 36.6. The molecule has 0 saturated heterocycles. The van der Waals surface area contributed by atoms with Gasteiger partial charge in [0.05, 0.1) is 0 Å². The van der Waals surface area contributed by atoms with Gasteiger partial charge in [0.2, 0.25) is 0 Å². The summed E-state index contributed by atoms with van der Waals surface area (Å²) in [5.74, 6) is 0.365. The molecule has 4 aliphatic rings. The van der Waals surface area contributed by atoms with Crippen LogP contribution in [0.4, 0.5) is 0 Å². The Morgan fingerprint density at radius 1 is 0.556 bits per heavy atom. The summed E-state index contributed by atoms with van der Waals surface area (Å²) in [6.45, 7) is 19.2. The Bertz CT molecular complexity index is 2350. The summed E-state index contributed by atoms with van der Waals surface area (Å²) in [6.07, 6.45) is 7.57. The molecule has 3 heteroatoms. The van der Waals surface area contributed by atoms with Crippen molar-refractivity contribution in [2.24, 2.45) is 5.92 Å². The van der Waals surface area contributed by atoms with E-state index in [1.807, 2.05) is 0 Å². The quantitative estimate of drug-likeness (QED) is 0.179. The minimum Gasteiger partial charge on any atom is -1.00 e. The maximum Gasteiger partial charge on any atom is -1.00 e. The van der Waals surface area contributed by atoms with E-state index >= 15 is 0 Å². The Kier molecular flexibility index (Phi) is 10.1. The minimum atomic E-state index is -3.04. The van der Waals surface area contributed by atoms with E-state index in [0.29, 0.717) is 9.54 Å². The van der Waals surface area contributed by atoms with Crippen molar-refractivity contribution in [1.82, 2.24) is 0 Å². The SMILES string of the molecule is CC1=CC(C)(C)c2cc3c(cc21)-c1cc2c(cc1[CH]3[Zr+2]([C]1=C(C)C(c3ccccc3)=CC1C)=[C](c1ccccc1)c1ccccc1)C(C)(C)C=C2C.[Cl-].[Cl-]. The second kappa shape index (κ2) is 14.2. The van der Waals surface area contributed by atoms with Gasteiger partial charge in [-0.15, -0.1) is 0 Å². The molecule has 0 spiro atoms. The van der Waals surface area contributed by atoms with Gasteiger partial charge in [-0.05, 0) is 0 Å². The van der Waals surface area contributed by atoms with Crippen molar-refractivity contribution in [3.8, 4) is 11.1 Å². The molecule has 0 heterocycles. The van der Waals surface area contributed by atoms with Gasteiger partial charge in [0, 0.05) is 0 Å². The van der Waals surface area contributed by atoms with Crippen molar-refractivity contribution >= 4 is 19.9 Å². The van der Waals surface area contributed by atoms with E-state index in [-0.39, 0.29) is 35.6 Å². The third kappa shape index (κ3) is 6.02. The standard InChI is InChI=1S/C25H25.C13H13.C13H10.2ClH.Zr/c1-14-12-24(3,4)22-8-16-7-17-9-23-19(15(2)13-25(23,5)6)11-21(17)20(16)10-18(14)22;1-10-8-11(2)13(9-10)12-6-4-3-5-7-12;1-3-7-12(8-4-1)11-13-9-5-2-6-10-13;;;/h7-13H,1-6H3;3-7,9-10H,1-2H3;1-10H;2*1H;/q;;;;;+2/p-2. The monoisotopic (exact) mass is 820 g/mol. The number of halogens is 2. The molecule has 0 saturated carbocycles. The van der Waals surface area contributed by atoms with Crippen LogP contribution in [-0.4, -0.2) is 3.21 Å². The number of fused-ring (bicyclic) bond motifs is 5. The molecule has 9 rings (SSSR count). The van der Waals surface area contributed by atoms with Crippen molar-refractivity contribution in [3.63, 3.8) is 0 Å². The zero-order valence-electron chi connectivity index (χ0n) is 32.6. The summed E-state index contributed by atoms with van der Waals surface area (Å²) in [4.78, 5) is 0. The second-order valence-corrected chi connectivity index (χ2v) is 22.8. The molecular weight excluding hydrogens is 775 g/mol. The first-order valence-corrected chi connectivity index (χ1v) is 22.9. The fraction of sp³-hybridized carbons (Fsp3) is 0.235. The van der Waals surface area contributed by atoms with E-state index in [1.54, 1.807) is 17.6 Å². The van der Waals surface area contributed by atoms with E-state index in [0.717, 1.165) is 0 Å². The van der Waals surface area contributed by atoms with Gasteiger partial charge in [-0.1, -0.05) is 0 Å². The van der Waals surface area contributed by atoms with Gasteiger partial charge >= 0.3 is 320 Å². The van der Waals surface area contributed by atoms with Crippen LogP contribution in [0, 0.1) is 5.92 Å². The van der Waals surface area contributed by atoms with E-state index in [2.05, 4.69) is 189 Å². The maximum absolute atomic E-state index is 3.04. The molecule has 0 N–H and O–H groups in total. The van der Waals surface area contributed by atoms with Crippen LogP contribution in [0.1, 0.15) is 109 Å². The van der Waals surface area contributed by atoms with Gasteiger partial charge in [-0.3, -0.25) is 0 Å². The molecule has 0 nitrogen and oxygen atoms in total. The van der Waals surface area contributed by atoms with Crippen molar-refractivity contribution in [2.75, 3.05) is 0 Å². The summed E-state index contributed by atoms with van der Waals surface area (Å²) < 4.78 is 3.68. The van der Waals surface area contributed by atoms with Crippen molar-refractivity contribution in [3.05, 3.63) is 192 Å². The minimum absolute atomic E-state index is 0. The van der Waals surface area contributed by atoms with Gasteiger partial charge < -0.3 is 24.8 Å². The first-order chi connectivity index (χ1) is 24.9. The van der Waals surface area contributed by atoms with Crippen LogP contribution >= 0.6 is 0 Å². The van der Waals surface area contributed by atoms with E-state index in [4.69, 9.17) is 0 Å². The Labute approximate surface area is 342 Å². The van der Waals surface area contributed by atoms with Crippen LogP contribution in [-0.2, 0) is 32.1 Å². The van der Waals surface area contributed by atoms with Crippen LogP contribution < -0.4 is 24.8 Å². The Morgan fingerprint density at radius 2 is 0.981 bits per heavy atom. The molecular formula is C51H48Cl2Zr. The Balaban J connectivity index is 0.00000225. The summed E-state index contributed by atoms with van der Waals surface area (Å²) >= 11 is -3.04. The number of hydrogen-bond acceptors (Lipinski definition) is 0. The fourth-order valence-electron chi connectivity index (χ4n) is 10.2. The fourth-order valence-corrected chi connectivity index (χ4v) is 20.1. The second-order valence-electron chi connectivity index (χ2n) is 16.8. The van der Waals surface area contributed by atoms with E-state index in [9.17, 15) is 0 Å². The number of hydrogen-bond donors (Lipinski definition) is 0. The van der Waals surface area contributed by atoms with Crippen LogP contribution in [0.3, 0.4) is 0 Å². The van der Waals surface area contributed by atoms with Crippen LogP contribution in [0.2, 0.25) is 0 Å². The third-order valence-electron chi connectivity index (χ3n) is 12.4. The largest absolute Gasteiger partial charge is 1.00 e. The first-order valence-electron chi connectivity index (χ1n) is 19.1. The average molecular weight is 823 g/mol. The van der Waals surface area contributed by atoms with Crippen molar-refractivity contribution in [2.45, 2.75) is 69.8 Å². The predicted octanol–water partition coefficient (Wildman–Crippen LogP) is 7.05. The number of benzene rings is 5. The predicted molar refractivity (Wildman–Crippen MR) is 219 cm³/mol. The third-order valence-corrected chi connectivity index (χ3v) is 21.6. The van der Waals surface area contributed by atoms with Crippen LogP contribution in [0.25, 0.3) is 27.8 Å². The summed E-state index contributed by atoms with van der Waals surface area (Å²) in [5.41, 5.74) is 21.7. The summed E-state index contributed by atoms with van der Waals surface area (Å²) in [5, 5.41) is 0. The van der Waals surface area contributed by atoms with Crippen molar-refractivity contribution < 1.29 is 46.1 Å². The molecule has 0 aromatic heterocycles. The molecule has 0 radical (unpaired) electrons. The number of rotatable bonds is 5. The van der Waals surface area contributed by atoms with Gasteiger partial charge in [0.1, 0.15) is 0 Å². The zero-order chi connectivity index (χ0) is 36.1. The van der Waals surface area contributed by atoms with Gasteiger partial charge in [0.15, 0.2) is 0 Å². The van der Waals surface area contributed by atoms with E-state index in [1.165, 1.54) is 72.4 Å². The van der Waals surface area contributed by atoms with Gasteiger partial charge in [-0.2, -0.15) is 0 Å². The molecule has 5 aromatic carbocycles. The first kappa shape index (κ1) is 38.7. The molecule has 1 atom stereocenters. The average Bonchev–Trinajstić information content (AvgIpc) is 3.77. The maximum atomic E-state index is 2.68. The van der Waals surface area contributed by atoms with Crippen molar-refractivity contribution in [1.29, 1.82) is 0 Å². The van der Waals surface area contributed by atoms with Crippen LogP contribution in [0.15, 0.2) is 142 Å². The van der Waals surface area contributed by atoms with E-state index < -0.39 is 21.3 Å².